The lowest BCUT2D eigenvalue weighted by Gasteiger charge is -2.10. The van der Waals surface area contributed by atoms with Gasteiger partial charge in [-0.05, 0) is 26.2 Å². The van der Waals surface area contributed by atoms with Crippen LogP contribution in [-0.2, 0) is 9.59 Å². The minimum atomic E-state index is -0.839. The maximum atomic E-state index is 12.1. The van der Waals surface area contributed by atoms with Crippen molar-refractivity contribution in [1.82, 2.24) is 9.97 Å². The Hall–Kier alpha value is -2.18. The van der Waals surface area contributed by atoms with E-state index in [0.717, 1.165) is 0 Å². The summed E-state index contributed by atoms with van der Waals surface area (Å²) in [5, 5.41) is 11.6. The molecule has 2 N–H and O–H groups in total. The fourth-order valence-corrected chi connectivity index (χ4v) is 2.36. The molecule has 0 radical (unpaired) electrons. The van der Waals surface area contributed by atoms with E-state index in [1.54, 1.807) is 13.0 Å². The van der Waals surface area contributed by atoms with Crippen LogP contribution >= 0.6 is 0 Å². The zero-order chi connectivity index (χ0) is 14.7. The number of nitrogens with zero attached hydrogens (tertiary/aromatic N) is 2. The number of carbonyl (C=O) groups excluding carboxylic acids is 1. The van der Waals surface area contributed by atoms with Gasteiger partial charge in [0, 0.05) is 17.7 Å². The van der Waals surface area contributed by atoms with Gasteiger partial charge in [0.15, 0.2) is 0 Å². The molecule has 1 saturated carbocycles. The molecule has 1 fully saturated rings. The van der Waals surface area contributed by atoms with Crippen LogP contribution in [0.4, 0.5) is 5.95 Å². The summed E-state index contributed by atoms with van der Waals surface area (Å²) in [6.07, 6.45) is 1.47. The first kappa shape index (κ1) is 14.2. The fraction of sp³-hybridized carbons (Fsp3) is 0.538. The van der Waals surface area contributed by atoms with Crippen molar-refractivity contribution in [2.45, 2.75) is 26.2 Å². The quantitative estimate of drug-likeness (QED) is 0.859. The summed E-state index contributed by atoms with van der Waals surface area (Å²) in [5.74, 6) is -1.24. The molecule has 0 unspecified atom stereocenters. The van der Waals surface area contributed by atoms with Crippen LogP contribution in [-0.4, -0.2) is 34.1 Å². The summed E-state index contributed by atoms with van der Waals surface area (Å²) < 4.78 is 5.01. The minimum Gasteiger partial charge on any atom is -0.481 e. The highest BCUT2D eigenvalue weighted by Gasteiger charge is 2.34. The summed E-state index contributed by atoms with van der Waals surface area (Å²) in [6.45, 7) is 1.77. The zero-order valence-electron chi connectivity index (χ0n) is 11.4. The fourth-order valence-electron chi connectivity index (χ4n) is 2.36. The van der Waals surface area contributed by atoms with Crippen molar-refractivity contribution in [3.63, 3.8) is 0 Å². The number of aryl methyl sites for hydroxylation is 1. The molecule has 1 aromatic rings. The monoisotopic (exact) mass is 279 g/mol. The number of rotatable bonds is 4. The highest BCUT2D eigenvalue weighted by atomic mass is 16.5. The van der Waals surface area contributed by atoms with Gasteiger partial charge >= 0.3 is 5.97 Å². The van der Waals surface area contributed by atoms with Crippen LogP contribution in [0.25, 0.3) is 0 Å². The number of nitrogens with one attached hydrogen (secondary N) is 1. The third-order valence-electron chi connectivity index (χ3n) is 3.43. The van der Waals surface area contributed by atoms with Crippen LogP contribution in [0, 0.1) is 18.8 Å². The van der Waals surface area contributed by atoms with Gasteiger partial charge in [-0.3, -0.25) is 14.9 Å². The Morgan fingerprint density at radius 3 is 2.65 bits per heavy atom. The van der Waals surface area contributed by atoms with Gasteiger partial charge in [-0.15, -0.1) is 0 Å². The molecule has 7 heteroatoms. The van der Waals surface area contributed by atoms with Gasteiger partial charge in [0.1, 0.15) is 0 Å². The second kappa shape index (κ2) is 5.85. The average Bonchev–Trinajstić information content (AvgIpc) is 2.87. The van der Waals surface area contributed by atoms with Crippen LogP contribution in [0.1, 0.15) is 25.0 Å². The molecule has 0 bridgehead atoms. The summed E-state index contributed by atoms with van der Waals surface area (Å²) in [6, 6.07) is 1.66. The second-order valence-corrected chi connectivity index (χ2v) is 4.91. The SMILES string of the molecule is COc1cc(C)nc(NC(=O)[C@@H]2CC[C@H](C(=O)O)C2)n1. The lowest BCUT2D eigenvalue weighted by molar-refractivity contribution is -0.141. The highest BCUT2D eigenvalue weighted by Crippen LogP contribution is 2.31. The molecule has 7 nitrogen and oxygen atoms in total. The van der Waals surface area contributed by atoms with E-state index in [2.05, 4.69) is 15.3 Å². The first-order valence-corrected chi connectivity index (χ1v) is 6.43. The van der Waals surface area contributed by atoms with Crippen LogP contribution in [0.5, 0.6) is 5.88 Å². The maximum absolute atomic E-state index is 12.1. The lowest BCUT2D eigenvalue weighted by atomic mass is 10.0. The number of aliphatic carboxylic acids is 1. The van der Waals surface area contributed by atoms with E-state index in [4.69, 9.17) is 9.84 Å². The highest BCUT2D eigenvalue weighted by molar-refractivity contribution is 5.91. The number of hydrogen-bond acceptors (Lipinski definition) is 5. The van der Waals surface area contributed by atoms with Crippen LogP contribution < -0.4 is 10.1 Å². The largest absolute Gasteiger partial charge is 0.481 e. The third kappa shape index (κ3) is 3.23. The van der Waals surface area contributed by atoms with Crippen LogP contribution in [0.15, 0.2) is 6.07 Å². The molecule has 1 aliphatic carbocycles. The minimum absolute atomic E-state index is 0.186. The second-order valence-electron chi connectivity index (χ2n) is 4.91. The Bertz CT molecular complexity index is 532. The van der Waals surface area contributed by atoms with E-state index in [-0.39, 0.29) is 17.8 Å². The summed E-state index contributed by atoms with van der Waals surface area (Å²) >= 11 is 0. The normalized spacial score (nSPS) is 21.5. The maximum Gasteiger partial charge on any atom is 0.306 e. The first-order chi connectivity index (χ1) is 9.49. The van der Waals surface area contributed by atoms with E-state index < -0.39 is 11.9 Å². The molecule has 0 aromatic carbocycles. The molecule has 0 aliphatic heterocycles. The van der Waals surface area contributed by atoms with Crippen molar-refractivity contribution in [2.75, 3.05) is 12.4 Å². The van der Waals surface area contributed by atoms with Gasteiger partial charge in [0.2, 0.25) is 17.7 Å². The molecule has 0 saturated heterocycles. The Labute approximate surface area is 116 Å². The van der Waals surface area contributed by atoms with Crippen LogP contribution in [0.3, 0.4) is 0 Å². The first-order valence-electron chi connectivity index (χ1n) is 6.43. The smallest absolute Gasteiger partial charge is 0.306 e. The third-order valence-corrected chi connectivity index (χ3v) is 3.43. The number of carboxylic acids is 1. The molecule has 1 heterocycles. The molecular formula is C13H17N3O4. The summed E-state index contributed by atoms with van der Waals surface area (Å²) in [4.78, 5) is 31.1. The van der Waals surface area contributed by atoms with Crippen molar-refractivity contribution >= 4 is 17.8 Å². The molecule has 2 atom stereocenters. The molecule has 20 heavy (non-hydrogen) atoms. The predicted molar refractivity (Wildman–Crippen MR) is 70.4 cm³/mol. The van der Waals surface area contributed by atoms with E-state index >= 15 is 0 Å². The van der Waals surface area contributed by atoms with E-state index in [1.807, 2.05) is 0 Å². The molecule has 0 spiro atoms. The van der Waals surface area contributed by atoms with Crippen molar-refractivity contribution in [3.05, 3.63) is 11.8 Å². The number of carbonyl (C=O) groups is 2. The van der Waals surface area contributed by atoms with Crippen molar-refractivity contribution in [3.8, 4) is 5.88 Å². The Balaban J connectivity index is 2.02. The summed E-state index contributed by atoms with van der Waals surface area (Å²) in [5.41, 5.74) is 0.682. The van der Waals surface area contributed by atoms with Gasteiger partial charge in [0.25, 0.3) is 0 Å². The van der Waals surface area contributed by atoms with Crippen molar-refractivity contribution < 1.29 is 19.4 Å². The van der Waals surface area contributed by atoms with Gasteiger partial charge in [-0.25, -0.2) is 4.98 Å². The number of ether oxygens (including phenoxy) is 1. The van der Waals surface area contributed by atoms with Gasteiger partial charge in [-0.1, -0.05) is 0 Å². The molecule has 1 aliphatic rings. The Kier molecular flexibility index (Phi) is 4.16. The van der Waals surface area contributed by atoms with Crippen LogP contribution in [0.2, 0.25) is 0 Å². The number of amides is 1. The average molecular weight is 279 g/mol. The zero-order valence-corrected chi connectivity index (χ0v) is 11.4. The summed E-state index contributed by atoms with van der Waals surface area (Å²) in [7, 11) is 1.49. The van der Waals surface area contributed by atoms with E-state index in [9.17, 15) is 9.59 Å². The molecular weight excluding hydrogens is 262 g/mol. The van der Waals surface area contributed by atoms with E-state index in [0.29, 0.717) is 30.8 Å². The topological polar surface area (TPSA) is 101 Å². The molecule has 2 rings (SSSR count). The Morgan fingerprint density at radius 1 is 1.35 bits per heavy atom. The number of aromatic nitrogens is 2. The molecule has 108 valence electrons. The lowest BCUT2D eigenvalue weighted by Crippen LogP contribution is -2.23. The number of hydrogen-bond donors (Lipinski definition) is 2. The predicted octanol–water partition coefficient (Wildman–Crippen LogP) is 1.23. The van der Waals surface area contributed by atoms with Gasteiger partial charge in [0.05, 0.1) is 13.0 Å². The number of anilines is 1. The number of methoxy groups -OCH3 is 1. The van der Waals surface area contributed by atoms with Crippen molar-refractivity contribution in [1.29, 1.82) is 0 Å². The van der Waals surface area contributed by atoms with Gasteiger partial charge < -0.3 is 9.84 Å². The van der Waals surface area contributed by atoms with Gasteiger partial charge in [-0.2, -0.15) is 4.98 Å². The molecule has 1 aromatic heterocycles. The van der Waals surface area contributed by atoms with Crippen molar-refractivity contribution in [2.24, 2.45) is 11.8 Å². The number of carboxylic acid groups (broad SMARTS) is 1. The standard InChI is InChI=1S/C13H17N3O4/c1-7-5-10(20-2)15-13(14-7)16-11(17)8-3-4-9(6-8)12(18)19/h5,8-9H,3-4,6H2,1-2H3,(H,18,19)(H,14,15,16,17)/t8-,9+/m1/s1. The van der Waals surface area contributed by atoms with E-state index in [1.165, 1.54) is 7.11 Å². The molecule has 1 amide bonds. The Morgan fingerprint density at radius 2 is 2.05 bits per heavy atom.